The minimum atomic E-state index is -0.0363. The lowest BCUT2D eigenvalue weighted by atomic mass is 9.74. The second-order valence-electron chi connectivity index (χ2n) is 6.64. The lowest BCUT2D eigenvalue weighted by Gasteiger charge is -2.38. The predicted octanol–water partition coefficient (Wildman–Crippen LogP) is 2.93. The van der Waals surface area contributed by atoms with Gasteiger partial charge < -0.3 is 15.4 Å². The first kappa shape index (κ1) is 19.5. The number of hydrogen-bond donors (Lipinski definition) is 2. The van der Waals surface area contributed by atoms with Crippen molar-refractivity contribution in [3.63, 3.8) is 0 Å². The van der Waals surface area contributed by atoms with E-state index in [9.17, 15) is 4.79 Å². The Labute approximate surface area is 155 Å². The van der Waals surface area contributed by atoms with Gasteiger partial charge in [0.1, 0.15) is 0 Å². The molecule has 0 bridgehead atoms. The van der Waals surface area contributed by atoms with Crippen LogP contribution in [-0.4, -0.2) is 38.8 Å². The van der Waals surface area contributed by atoms with Crippen LogP contribution in [0.1, 0.15) is 31.2 Å². The molecule has 2 aliphatic rings. The van der Waals surface area contributed by atoms with E-state index in [1.54, 1.807) is 0 Å². The summed E-state index contributed by atoms with van der Waals surface area (Å²) in [5, 5.41) is 7.27. The van der Waals surface area contributed by atoms with E-state index in [4.69, 9.17) is 16.3 Å². The van der Waals surface area contributed by atoms with Gasteiger partial charge in [-0.2, -0.15) is 0 Å². The standard InChI is InChI=1S/C18H25ClN2O2.ClH/c19-16-3-1-15(2-4-16)18(7-11-23-12-8-18)13-21-17(22)14-5-9-20-10-6-14;/h1-4,14,20H,5-13H2,(H,21,22);1H. The molecule has 1 aromatic rings. The highest BCUT2D eigenvalue weighted by Gasteiger charge is 2.35. The SMILES string of the molecule is Cl.O=C(NCC1(c2ccc(Cl)cc2)CCOCC1)C1CCNCC1. The molecule has 2 saturated heterocycles. The van der Waals surface area contributed by atoms with Crippen LogP contribution < -0.4 is 10.6 Å². The molecule has 6 heteroatoms. The van der Waals surface area contributed by atoms with Crippen LogP contribution in [0, 0.1) is 5.92 Å². The Bertz CT molecular complexity index is 524. The fourth-order valence-electron chi connectivity index (χ4n) is 3.62. The molecular formula is C18H26Cl2N2O2. The van der Waals surface area contributed by atoms with Crippen LogP contribution in [-0.2, 0) is 14.9 Å². The molecular weight excluding hydrogens is 347 g/mol. The molecule has 24 heavy (non-hydrogen) atoms. The Kier molecular flexibility index (Phi) is 7.35. The summed E-state index contributed by atoms with van der Waals surface area (Å²) in [6.07, 6.45) is 3.73. The van der Waals surface area contributed by atoms with Crippen LogP contribution in [0.25, 0.3) is 0 Å². The van der Waals surface area contributed by atoms with Gasteiger partial charge in [-0.3, -0.25) is 4.79 Å². The van der Waals surface area contributed by atoms with Crippen molar-refractivity contribution in [3.05, 3.63) is 34.9 Å². The molecule has 0 saturated carbocycles. The topological polar surface area (TPSA) is 50.4 Å². The quantitative estimate of drug-likeness (QED) is 0.853. The molecule has 0 spiro atoms. The van der Waals surface area contributed by atoms with Crippen molar-refractivity contribution in [2.45, 2.75) is 31.1 Å². The second-order valence-corrected chi connectivity index (χ2v) is 7.08. The average Bonchev–Trinajstić information content (AvgIpc) is 2.62. The van der Waals surface area contributed by atoms with Crippen LogP contribution >= 0.6 is 24.0 Å². The number of carbonyl (C=O) groups is 1. The summed E-state index contributed by atoms with van der Waals surface area (Å²) < 4.78 is 5.55. The maximum absolute atomic E-state index is 12.5. The molecule has 2 fully saturated rings. The highest BCUT2D eigenvalue weighted by Crippen LogP contribution is 2.35. The van der Waals surface area contributed by atoms with Gasteiger partial charge in [-0.15, -0.1) is 12.4 Å². The summed E-state index contributed by atoms with van der Waals surface area (Å²) in [5.74, 6) is 0.352. The van der Waals surface area contributed by atoms with Gasteiger partial charge in [0.25, 0.3) is 0 Å². The van der Waals surface area contributed by atoms with Crippen molar-refractivity contribution >= 4 is 29.9 Å². The maximum Gasteiger partial charge on any atom is 0.223 e. The van der Waals surface area contributed by atoms with Crippen molar-refractivity contribution < 1.29 is 9.53 Å². The second kappa shape index (κ2) is 9.04. The van der Waals surface area contributed by atoms with Gasteiger partial charge in [0.2, 0.25) is 5.91 Å². The number of nitrogens with one attached hydrogen (secondary N) is 2. The molecule has 2 aliphatic heterocycles. The van der Waals surface area contributed by atoms with Crippen molar-refractivity contribution in [2.24, 2.45) is 5.92 Å². The predicted molar refractivity (Wildman–Crippen MR) is 99.0 cm³/mol. The molecule has 1 aromatic carbocycles. The monoisotopic (exact) mass is 372 g/mol. The molecule has 0 aromatic heterocycles. The molecule has 0 radical (unpaired) electrons. The number of halogens is 2. The summed E-state index contributed by atoms with van der Waals surface area (Å²) in [6.45, 7) is 4.04. The molecule has 4 nitrogen and oxygen atoms in total. The fourth-order valence-corrected chi connectivity index (χ4v) is 3.74. The summed E-state index contributed by atoms with van der Waals surface area (Å²) in [4.78, 5) is 12.5. The zero-order valence-corrected chi connectivity index (χ0v) is 15.4. The number of carbonyl (C=O) groups excluding carboxylic acids is 1. The van der Waals surface area contributed by atoms with E-state index in [0.717, 1.165) is 57.0 Å². The number of rotatable bonds is 4. The first-order valence-electron chi connectivity index (χ1n) is 8.52. The summed E-state index contributed by atoms with van der Waals surface area (Å²) in [7, 11) is 0. The Hall–Kier alpha value is -0.810. The zero-order chi connectivity index (χ0) is 16.1. The van der Waals surface area contributed by atoms with Gasteiger partial charge >= 0.3 is 0 Å². The van der Waals surface area contributed by atoms with Crippen LogP contribution in [0.15, 0.2) is 24.3 Å². The van der Waals surface area contributed by atoms with Crippen LogP contribution in [0.5, 0.6) is 0 Å². The van der Waals surface area contributed by atoms with E-state index in [-0.39, 0.29) is 29.6 Å². The van der Waals surface area contributed by atoms with Crippen LogP contribution in [0.4, 0.5) is 0 Å². The molecule has 134 valence electrons. The summed E-state index contributed by atoms with van der Waals surface area (Å²) in [5.41, 5.74) is 1.21. The minimum Gasteiger partial charge on any atom is -0.381 e. The van der Waals surface area contributed by atoms with Gasteiger partial charge in [0.05, 0.1) is 0 Å². The molecule has 2 heterocycles. The molecule has 0 atom stereocenters. The number of amides is 1. The van der Waals surface area contributed by atoms with Gasteiger partial charge in [-0.25, -0.2) is 0 Å². The Morgan fingerprint density at radius 1 is 1.21 bits per heavy atom. The Morgan fingerprint density at radius 2 is 1.83 bits per heavy atom. The fraction of sp³-hybridized carbons (Fsp3) is 0.611. The van der Waals surface area contributed by atoms with Crippen molar-refractivity contribution in [1.29, 1.82) is 0 Å². The number of ether oxygens (including phenoxy) is 1. The zero-order valence-electron chi connectivity index (χ0n) is 13.9. The highest BCUT2D eigenvalue weighted by atomic mass is 35.5. The molecule has 0 aliphatic carbocycles. The third-order valence-electron chi connectivity index (χ3n) is 5.22. The summed E-state index contributed by atoms with van der Waals surface area (Å²) >= 11 is 6.02. The minimum absolute atomic E-state index is 0. The van der Waals surface area contributed by atoms with Crippen LogP contribution in [0.2, 0.25) is 5.02 Å². The van der Waals surface area contributed by atoms with E-state index in [1.807, 2.05) is 12.1 Å². The van der Waals surface area contributed by atoms with Gasteiger partial charge in [0.15, 0.2) is 0 Å². The normalized spacial score (nSPS) is 20.9. The smallest absolute Gasteiger partial charge is 0.223 e. The average molecular weight is 373 g/mol. The largest absolute Gasteiger partial charge is 0.381 e. The third kappa shape index (κ3) is 4.63. The summed E-state index contributed by atoms with van der Waals surface area (Å²) in [6, 6.07) is 8.04. The number of benzene rings is 1. The van der Waals surface area contributed by atoms with Crippen molar-refractivity contribution in [3.8, 4) is 0 Å². The highest BCUT2D eigenvalue weighted by molar-refractivity contribution is 6.30. The first-order chi connectivity index (χ1) is 11.2. The van der Waals surface area contributed by atoms with Crippen LogP contribution in [0.3, 0.4) is 0 Å². The first-order valence-corrected chi connectivity index (χ1v) is 8.90. The van der Waals surface area contributed by atoms with E-state index in [0.29, 0.717) is 6.54 Å². The van der Waals surface area contributed by atoms with E-state index in [2.05, 4.69) is 22.8 Å². The van der Waals surface area contributed by atoms with E-state index < -0.39 is 0 Å². The lowest BCUT2D eigenvalue weighted by Crippen LogP contribution is -2.47. The maximum atomic E-state index is 12.5. The third-order valence-corrected chi connectivity index (χ3v) is 5.47. The number of hydrogen-bond acceptors (Lipinski definition) is 3. The lowest BCUT2D eigenvalue weighted by molar-refractivity contribution is -0.126. The van der Waals surface area contributed by atoms with Gasteiger partial charge in [-0.05, 0) is 56.5 Å². The molecule has 2 N–H and O–H groups in total. The van der Waals surface area contributed by atoms with Crippen molar-refractivity contribution in [1.82, 2.24) is 10.6 Å². The van der Waals surface area contributed by atoms with Gasteiger partial charge in [0, 0.05) is 36.1 Å². The molecule has 3 rings (SSSR count). The number of piperidine rings is 1. The Balaban J connectivity index is 0.00000208. The molecule has 1 amide bonds. The molecule has 0 unspecified atom stereocenters. The van der Waals surface area contributed by atoms with E-state index in [1.165, 1.54) is 5.56 Å². The van der Waals surface area contributed by atoms with Crippen molar-refractivity contribution in [2.75, 3.05) is 32.8 Å². The Morgan fingerprint density at radius 3 is 2.46 bits per heavy atom. The van der Waals surface area contributed by atoms with E-state index >= 15 is 0 Å². The van der Waals surface area contributed by atoms with Gasteiger partial charge in [-0.1, -0.05) is 23.7 Å².